The monoisotopic (exact) mass is 471 g/mol. The van der Waals surface area contributed by atoms with E-state index in [-0.39, 0.29) is 52.8 Å². The minimum Gasteiger partial charge on any atom is -0.462 e. The van der Waals surface area contributed by atoms with Crippen LogP contribution in [0.4, 0.5) is 0 Å². The van der Waals surface area contributed by atoms with Crippen molar-refractivity contribution in [3.05, 3.63) is 11.6 Å². The smallest absolute Gasteiger partial charge is 0.356 e. The van der Waals surface area contributed by atoms with Gasteiger partial charge in [-0.2, -0.15) is 0 Å². The molecule has 0 radical (unpaired) electrons. The van der Waals surface area contributed by atoms with Crippen LogP contribution in [0.2, 0.25) is 0 Å². The van der Waals surface area contributed by atoms with Crippen LogP contribution in [0, 0.1) is 34.5 Å². The van der Waals surface area contributed by atoms with Crippen molar-refractivity contribution in [2.45, 2.75) is 91.3 Å². The Kier molecular flexibility index (Phi) is 5.49. The minimum absolute atomic E-state index is 0.0224. The molecule has 4 aliphatic carbocycles. The summed E-state index contributed by atoms with van der Waals surface area (Å²) in [5, 5.41) is 4.15. The van der Waals surface area contributed by atoms with Gasteiger partial charge in [0.05, 0.1) is 12.5 Å². The van der Waals surface area contributed by atoms with Crippen molar-refractivity contribution in [2.75, 3.05) is 6.61 Å². The van der Waals surface area contributed by atoms with Crippen LogP contribution >= 0.6 is 0 Å². The van der Waals surface area contributed by atoms with E-state index < -0.39 is 11.6 Å². The maximum Gasteiger partial charge on any atom is 0.356 e. The highest BCUT2D eigenvalue weighted by Gasteiger charge is 2.75. The molecule has 186 valence electrons. The number of esters is 2. The summed E-state index contributed by atoms with van der Waals surface area (Å²) in [6.07, 6.45) is 8.66. The molecule has 8 atom stereocenters. The highest BCUT2D eigenvalue weighted by atomic mass is 16.7. The van der Waals surface area contributed by atoms with Gasteiger partial charge in [-0.3, -0.25) is 9.59 Å². The summed E-state index contributed by atoms with van der Waals surface area (Å²) in [5.74, 6) is 0.139. The molecule has 7 heteroatoms. The molecule has 7 nitrogen and oxygen atoms in total. The van der Waals surface area contributed by atoms with Crippen molar-refractivity contribution in [3.8, 4) is 0 Å². The Morgan fingerprint density at radius 1 is 1.15 bits per heavy atom. The van der Waals surface area contributed by atoms with E-state index in [0.29, 0.717) is 11.8 Å². The lowest BCUT2D eigenvalue weighted by Gasteiger charge is -2.58. The first-order valence-electron chi connectivity index (χ1n) is 12.9. The number of nitrogens with zero attached hydrogens (tertiary/aromatic N) is 1. The van der Waals surface area contributed by atoms with Gasteiger partial charge in [0, 0.05) is 18.8 Å². The summed E-state index contributed by atoms with van der Waals surface area (Å²) in [6, 6.07) is 0. The lowest BCUT2D eigenvalue weighted by atomic mass is 9.46. The van der Waals surface area contributed by atoms with Crippen molar-refractivity contribution < 1.29 is 28.7 Å². The summed E-state index contributed by atoms with van der Waals surface area (Å²) < 4.78 is 10.8. The molecule has 0 bridgehead atoms. The summed E-state index contributed by atoms with van der Waals surface area (Å²) in [6.45, 7) is 9.70. The fourth-order valence-electron chi connectivity index (χ4n) is 8.75. The standard InChI is InChI=1S/C27H37NO6/c1-6-32-24(31)23-22-14-21-19-8-7-17-13-18(33-16(3)30)9-11-25(17,4)20(19)10-12-26(21,5)27(22,15(2)29)34-28-23/h7,18-22H,6,8-14H2,1-5H3/t18-,19-,20+,21+,22-,25-,26-,27-/m0/s1. The molecule has 0 amide bonds. The lowest BCUT2D eigenvalue weighted by molar-refractivity contribution is -0.174. The minimum atomic E-state index is -1.08. The molecule has 1 aliphatic heterocycles. The molecule has 0 aromatic carbocycles. The SMILES string of the molecule is CCOC(=O)C1=NO[C@@]2(C(C)=O)[C@H]1C[C@@H]1[C@H]3CC=C4C[C@@H](OC(C)=O)CC[C@]4(C)[C@@H]3CC[C@@]12C. The molecule has 0 spiro atoms. The van der Waals surface area contributed by atoms with Gasteiger partial charge in [0.1, 0.15) is 6.10 Å². The zero-order chi connectivity index (χ0) is 24.5. The summed E-state index contributed by atoms with van der Waals surface area (Å²) in [4.78, 5) is 43.4. The number of ketones is 1. The van der Waals surface area contributed by atoms with Crippen LogP contribution in [0.1, 0.15) is 79.6 Å². The summed E-state index contributed by atoms with van der Waals surface area (Å²) in [7, 11) is 0. The molecule has 3 saturated carbocycles. The highest BCUT2D eigenvalue weighted by Crippen LogP contribution is 2.70. The number of rotatable bonds is 4. The van der Waals surface area contributed by atoms with Crippen LogP contribution < -0.4 is 0 Å². The van der Waals surface area contributed by atoms with Crippen LogP contribution in [-0.4, -0.2) is 41.7 Å². The summed E-state index contributed by atoms with van der Waals surface area (Å²) in [5.41, 5.74) is 0.339. The van der Waals surface area contributed by atoms with Crippen LogP contribution in [0.5, 0.6) is 0 Å². The molecule has 3 fully saturated rings. The third kappa shape index (κ3) is 3.00. The largest absolute Gasteiger partial charge is 0.462 e. The Bertz CT molecular complexity index is 986. The second-order valence-corrected chi connectivity index (χ2v) is 11.6. The molecule has 34 heavy (non-hydrogen) atoms. The zero-order valence-corrected chi connectivity index (χ0v) is 21.0. The van der Waals surface area contributed by atoms with E-state index in [2.05, 4.69) is 25.1 Å². The van der Waals surface area contributed by atoms with Gasteiger partial charge in [-0.15, -0.1) is 0 Å². The number of ether oxygens (including phenoxy) is 2. The fourth-order valence-corrected chi connectivity index (χ4v) is 8.75. The quantitative estimate of drug-likeness (QED) is 0.446. The van der Waals surface area contributed by atoms with E-state index >= 15 is 0 Å². The number of carbonyl (C=O) groups is 3. The fraction of sp³-hybridized carbons (Fsp3) is 0.778. The first kappa shape index (κ1) is 23.6. The molecule has 0 aromatic heterocycles. The van der Waals surface area contributed by atoms with E-state index in [0.717, 1.165) is 44.9 Å². The molecule has 0 unspecified atom stereocenters. The molecule has 0 aromatic rings. The van der Waals surface area contributed by atoms with Gasteiger partial charge in [-0.25, -0.2) is 4.79 Å². The number of oxime groups is 1. The third-order valence-corrected chi connectivity index (χ3v) is 10.2. The van der Waals surface area contributed by atoms with Crippen molar-refractivity contribution >= 4 is 23.4 Å². The molecule has 0 saturated heterocycles. The Labute approximate surface area is 201 Å². The van der Waals surface area contributed by atoms with Crippen molar-refractivity contribution in [3.63, 3.8) is 0 Å². The van der Waals surface area contributed by atoms with E-state index in [4.69, 9.17) is 14.3 Å². The predicted octanol–water partition coefficient (Wildman–Crippen LogP) is 4.38. The maximum absolute atomic E-state index is 13.2. The van der Waals surface area contributed by atoms with E-state index in [1.807, 2.05) is 0 Å². The molecular formula is C27H37NO6. The predicted molar refractivity (Wildman–Crippen MR) is 125 cm³/mol. The first-order chi connectivity index (χ1) is 16.1. The Morgan fingerprint density at radius 2 is 1.91 bits per heavy atom. The molecule has 0 N–H and O–H groups in total. The Balaban J connectivity index is 1.47. The van der Waals surface area contributed by atoms with E-state index in [1.165, 1.54) is 12.5 Å². The van der Waals surface area contributed by atoms with Gasteiger partial charge in [-0.05, 0) is 75.5 Å². The van der Waals surface area contributed by atoms with E-state index in [9.17, 15) is 14.4 Å². The number of hydrogen-bond donors (Lipinski definition) is 0. The second kappa shape index (κ2) is 7.92. The number of allylic oxidation sites excluding steroid dienone is 1. The highest BCUT2D eigenvalue weighted by molar-refractivity contribution is 6.38. The second-order valence-electron chi connectivity index (χ2n) is 11.6. The number of Topliss-reactive ketones (excluding diaryl/α,β-unsaturated/α-hetero) is 1. The average molecular weight is 472 g/mol. The van der Waals surface area contributed by atoms with Crippen molar-refractivity contribution in [1.29, 1.82) is 0 Å². The van der Waals surface area contributed by atoms with E-state index in [1.54, 1.807) is 13.8 Å². The van der Waals surface area contributed by atoms with Crippen molar-refractivity contribution in [1.82, 2.24) is 0 Å². The van der Waals surface area contributed by atoms with Gasteiger partial charge in [0.25, 0.3) is 0 Å². The number of hydrogen-bond acceptors (Lipinski definition) is 7. The normalized spacial score (nSPS) is 44.3. The van der Waals surface area contributed by atoms with Crippen LogP contribution in [-0.2, 0) is 28.7 Å². The molecule has 5 rings (SSSR count). The lowest BCUT2D eigenvalue weighted by Crippen LogP contribution is -2.59. The maximum atomic E-state index is 13.2. The van der Waals surface area contributed by atoms with Crippen LogP contribution in [0.3, 0.4) is 0 Å². The number of carbonyl (C=O) groups excluding carboxylic acids is 3. The molecule has 1 heterocycles. The van der Waals surface area contributed by atoms with Crippen LogP contribution in [0.15, 0.2) is 16.8 Å². The van der Waals surface area contributed by atoms with Gasteiger partial charge < -0.3 is 14.3 Å². The first-order valence-corrected chi connectivity index (χ1v) is 12.9. The van der Waals surface area contributed by atoms with Gasteiger partial charge in [0.15, 0.2) is 11.5 Å². The average Bonchev–Trinajstić information content (AvgIpc) is 3.28. The van der Waals surface area contributed by atoms with Gasteiger partial charge in [0.2, 0.25) is 5.60 Å². The zero-order valence-electron chi connectivity index (χ0n) is 21.0. The third-order valence-electron chi connectivity index (χ3n) is 10.2. The number of fused-ring (bicyclic) bond motifs is 7. The molecule has 5 aliphatic rings. The molecular weight excluding hydrogens is 434 g/mol. The van der Waals surface area contributed by atoms with Crippen LogP contribution in [0.25, 0.3) is 0 Å². The Morgan fingerprint density at radius 3 is 2.59 bits per heavy atom. The topological polar surface area (TPSA) is 91.3 Å². The van der Waals surface area contributed by atoms with Gasteiger partial charge >= 0.3 is 11.9 Å². The summed E-state index contributed by atoms with van der Waals surface area (Å²) >= 11 is 0. The van der Waals surface area contributed by atoms with Gasteiger partial charge in [-0.1, -0.05) is 30.7 Å². The van der Waals surface area contributed by atoms with Crippen molar-refractivity contribution in [2.24, 2.45) is 39.7 Å². The Hall–Kier alpha value is -2.18.